The van der Waals surface area contributed by atoms with Gasteiger partial charge in [0.1, 0.15) is 0 Å². The average Bonchev–Trinajstić information content (AvgIpc) is 2.78. The Labute approximate surface area is 173 Å². The highest BCUT2D eigenvalue weighted by molar-refractivity contribution is 5.86. The van der Waals surface area contributed by atoms with Gasteiger partial charge in [-0.2, -0.15) is 0 Å². The second kappa shape index (κ2) is 9.40. The van der Waals surface area contributed by atoms with Gasteiger partial charge < -0.3 is 10.2 Å². The van der Waals surface area contributed by atoms with E-state index in [4.69, 9.17) is 0 Å². The molecule has 0 atom stereocenters. The Bertz CT molecular complexity index is 847. The second-order valence-electron chi connectivity index (χ2n) is 8.35. The molecular weight excluding hydrogens is 362 g/mol. The molecule has 29 heavy (non-hydrogen) atoms. The molecule has 1 saturated carbocycles. The van der Waals surface area contributed by atoms with Crippen molar-refractivity contribution >= 4 is 22.6 Å². The van der Waals surface area contributed by atoms with Gasteiger partial charge in [-0.25, -0.2) is 0 Å². The molecule has 2 aromatic rings. The number of nitrogens with one attached hydrogen (secondary N) is 1. The van der Waals surface area contributed by atoms with E-state index in [-0.39, 0.29) is 24.3 Å². The van der Waals surface area contributed by atoms with Gasteiger partial charge in [-0.3, -0.25) is 14.5 Å². The number of hydrogen-bond acceptors (Lipinski definition) is 3. The summed E-state index contributed by atoms with van der Waals surface area (Å²) < 4.78 is 0. The van der Waals surface area contributed by atoms with Crippen LogP contribution in [0.1, 0.15) is 37.7 Å². The molecule has 2 fully saturated rings. The molecule has 1 aliphatic heterocycles. The zero-order valence-electron chi connectivity index (χ0n) is 17.1. The zero-order valence-corrected chi connectivity index (χ0v) is 17.1. The fourth-order valence-electron chi connectivity index (χ4n) is 4.61. The normalized spacial score (nSPS) is 18.7. The number of carbonyl (C=O) groups excluding carboxylic acids is 2. The van der Waals surface area contributed by atoms with E-state index < -0.39 is 0 Å². The van der Waals surface area contributed by atoms with Gasteiger partial charge in [0.2, 0.25) is 11.8 Å². The van der Waals surface area contributed by atoms with Gasteiger partial charge in [0.05, 0.1) is 6.54 Å². The summed E-state index contributed by atoms with van der Waals surface area (Å²) >= 11 is 0. The summed E-state index contributed by atoms with van der Waals surface area (Å²) in [5, 5.41) is 5.45. The third-order valence-corrected chi connectivity index (χ3v) is 6.39. The maximum absolute atomic E-state index is 12.5. The van der Waals surface area contributed by atoms with Crippen molar-refractivity contribution in [1.29, 1.82) is 0 Å². The summed E-state index contributed by atoms with van der Waals surface area (Å²) in [6.45, 7) is 4.23. The predicted octanol–water partition coefficient (Wildman–Crippen LogP) is 3.18. The van der Waals surface area contributed by atoms with Crippen LogP contribution >= 0.6 is 0 Å². The molecule has 0 radical (unpaired) electrons. The number of rotatable bonds is 5. The van der Waals surface area contributed by atoms with Crippen LogP contribution in [0.3, 0.4) is 0 Å². The van der Waals surface area contributed by atoms with Gasteiger partial charge in [0.15, 0.2) is 0 Å². The third kappa shape index (κ3) is 4.96. The quantitative estimate of drug-likeness (QED) is 0.849. The Morgan fingerprint density at radius 1 is 0.897 bits per heavy atom. The van der Waals surface area contributed by atoms with Crippen molar-refractivity contribution in [2.45, 2.75) is 38.6 Å². The number of nitrogens with zero attached hydrogens (tertiary/aromatic N) is 2. The largest absolute Gasteiger partial charge is 0.347 e. The van der Waals surface area contributed by atoms with Crippen molar-refractivity contribution in [2.24, 2.45) is 5.92 Å². The maximum Gasteiger partial charge on any atom is 0.242 e. The molecule has 1 N–H and O–H groups in total. The molecule has 1 saturated heterocycles. The molecule has 2 aliphatic rings. The molecule has 0 unspecified atom stereocenters. The average molecular weight is 394 g/mol. The number of hydrogen-bond donors (Lipinski definition) is 1. The zero-order chi connectivity index (χ0) is 20.1. The summed E-state index contributed by atoms with van der Waals surface area (Å²) in [4.78, 5) is 29.1. The van der Waals surface area contributed by atoms with E-state index in [0.717, 1.165) is 58.4 Å². The van der Waals surface area contributed by atoms with Crippen molar-refractivity contribution in [1.82, 2.24) is 15.1 Å². The SMILES string of the molecule is O=C(NCC(=O)N1CCN(Cc2cccc3ccccc23)CC1)C1CCCCC1. The molecule has 1 heterocycles. The van der Waals surface area contributed by atoms with E-state index in [1.54, 1.807) is 0 Å². The molecule has 2 aromatic carbocycles. The summed E-state index contributed by atoms with van der Waals surface area (Å²) in [6.07, 6.45) is 5.42. The summed E-state index contributed by atoms with van der Waals surface area (Å²) in [6, 6.07) is 15.0. The monoisotopic (exact) mass is 393 g/mol. The molecule has 1 aliphatic carbocycles. The number of amides is 2. The molecule has 5 nitrogen and oxygen atoms in total. The second-order valence-corrected chi connectivity index (χ2v) is 8.35. The number of piperazine rings is 1. The van der Waals surface area contributed by atoms with Crippen LogP contribution in [0.2, 0.25) is 0 Å². The van der Waals surface area contributed by atoms with Crippen LogP contribution in [0.25, 0.3) is 10.8 Å². The molecule has 154 valence electrons. The summed E-state index contributed by atoms with van der Waals surface area (Å²) in [7, 11) is 0. The summed E-state index contributed by atoms with van der Waals surface area (Å²) in [5.41, 5.74) is 1.34. The smallest absolute Gasteiger partial charge is 0.242 e. The number of benzene rings is 2. The highest BCUT2D eigenvalue weighted by Crippen LogP contribution is 2.23. The van der Waals surface area contributed by atoms with Crippen molar-refractivity contribution in [3.05, 3.63) is 48.0 Å². The molecule has 0 spiro atoms. The van der Waals surface area contributed by atoms with Crippen LogP contribution in [0.5, 0.6) is 0 Å². The lowest BCUT2D eigenvalue weighted by Gasteiger charge is -2.35. The van der Waals surface area contributed by atoms with Crippen LogP contribution in [-0.4, -0.2) is 54.3 Å². The van der Waals surface area contributed by atoms with E-state index in [9.17, 15) is 9.59 Å². The lowest BCUT2D eigenvalue weighted by atomic mass is 9.89. The molecule has 0 bridgehead atoms. The Balaban J connectivity index is 1.24. The fourth-order valence-corrected chi connectivity index (χ4v) is 4.61. The van der Waals surface area contributed by atoms with Gasteiger partial charge in [0, 0.05) is 38.6 Å². The lowest BCUT2D eigenvalue weighted by molar-refractivity contribution is -0.135. The first-order valence-corrected chi connectivity index (χ1v) is 11.0. The highest BCUT2D eigenvalue weighted by atomic mass is 16.2. The first-order chi connectivity index (χ1) is 14.2. The van der Waals surface area contributed by atoms with E-state index in [1.165, 1.54) is 22.8 Å². The number of fused-ring (bicyclic) bond motifs is 1. The van der Waals surface area contributed by atoms with E-state index >= 15 is 0 Å². The van der Waals surface area contributed by atoms with Gasteiger partial charge in [0.25, 0.3) is 0 Å². The molecule has 2 amide bonds. The maximum atomic E-state index is 12.5. The van der Waals surface area contributed by atoms with Crippen LogP contribution < -0.4 is 5.32 Å². The van der Waals surface area contributed by atoms with Gasteiger partial charge in [-0.05, 0) is 29.2 Å². The van der Waals surface area contributed by atoms with Crippen LogP contribution in [0.15, 0.2) is 42.5 Å². The highest BCUT2D eigenvalue weighted by Gasteiger charge is 2.24. The van der Waals surface area contributed by atoms with E-state index in [1.807, 2.05) is 4.90 Å². The van der Waals surface area contributed by atoms with E-state index in [0.29, 0.717) is 0 Å². The van der Waals surface area contributed by atoms with Gasteiger partial charge in [-0.15, -0.1) is 0 Å². The van der Waals surface area contributed by atoms with Gasteiger partial charge in [-0.1, -0.05) is 61.7 Å². The fraction of sp³-hybridized carbons (Fsp3) is 0.500. The lowest BCUT2D eigenvalue weighted by Crippen LogP contribution is -2.51. The van der Waals surface area contributed by atoms with Crippen molar-refractivity contribution in [3.63, 3.8) is 0 Å². The molecule has 0 aromatic heterocycles. The predicted molar refractivity (Wildman–Crippen MR) is 115 cm³/mol. The van der Waals surface area contributed by atoms with Crippen molar-refractivity contribution in [2.75, 3.05) is 32.7 Å². The third-order valence-electron chi connectivity index (χ3n) is 6.39. The molecule has 4 rings (SSSR count). The van der Waals surface area contributed by atoms with Crippen molar-refractivity contribution in [3.8, 4) is 0 Å². The van der Waals surface area contributed by atoms with Crippen molar-refractivity contribution < 1.29 is 9.59 Å². The topological polar surface area (TPSA) is 52.7 Å². The van der Waals surface area contributed by atoms with Crippen LogP contribution in [-0.2, 0) is 16.1 Å². The number of carbonyl (C=O) groups is 2. The Kier molecular flexibility index (Phi) is 6.45. The Morgan fingerprint density at radius 3 is 2.41 bits per heavy atom. The van der Waals surface area contributed by atoms with Crippen LogP contribution in [0.4, 0.5) is 0 Å². The van der Waals surface area contributed by atoms with Gasteiger partial charge >= 0.3 is 0 Å². The first kappa shape index (κ1) is 19.9. The Morgan fingerprint density at radius 2 is 1.62 bits per heavy atom. The summed E-state index contributed by atoms with van der Waals surface area (Å²) in [5.74, 6) is 0.209. The van der Waals surface area contributed by atoms with Crippen LogP contribution in [0, 0.1) is 5.92 Å². The van der Waals surface area contributed by atoms with E-state index in [2.05, 4.69) is 52.7 Å². The minimum atomic E-state index is 0.0407. The molecule has 5 heteroatoms. The minimum Gasteiger partial charge on any atom is -0.347 e. The minimum absolute atomic E-state index is 0.0407. The first-order valence-electron chi connectivity index (χ1n) is 11.0. The molecular formula is C24H31N3O2. The standard InChI is InChI=1S/C24H31N3O2/c28-23(17-25-24(29)20-8-2-1-3-9-20)27-15-13-26(14-16-27)18-21-11-6-10-19-7-4-5-12-22(19)21/h4-7,10-12,20H,1-3,8-9,13-18H2,(H,25,29). The Hall–Kier alpha value is -2.40.